The molecule has 1 aliphatic carbocycles. The summed E-state index contributed by atoms with van der Waals surface area (Å²) in [5.41, 5.74) is 12.3. The van der Waals surface area contributed by atoms with E-state index >= 15 is 0 Å². The molecule has 1 aromatic rings. The molecule has 0 unspecified atom stereocenters. The van der Waals surface area contributed by atoms with Gasteiger partial charge in [-0.3, -0.25) is 0 Å². The van der Waals surface area contributed by atoms with E-state index in [2.05, 4.69) is 42.7 Å². The van der Waals surface area contributed by atoms with E-state index in [0.29, 0.717) is 6.04 Å². The highest BCUT2D eigenvalue weighted by atomic mass is 15.2. The minimum absolute atomic E-state index is 0.625. The summed E-state index contributed by atoms with van der Waals surface area (Å²) in [7, 11) is 0. The van der Waals surface area contributed by atoms with Crippen molar-refractivity contribution in [2.24, 2.45) is 5.73 Å². The normalized spacial score (nSPS) is 22.6. The molecule has 1 heterocycles. The highest BCUT2D eigenvalue weighted by molar-refractivity contribution is 5.56. The van der Waals surface area contributed by atoms with E-state index in [1.54, 1.807) is 0 Å². The van der Waals surface area contributed by atoms with Gasteiger partial charge < -0.3 is 10.6 Å². The number of para-hydroxylation sites is 1. The highest BCUT2D eigenvalue weighted by Gasteiger charge is 2.27. The Hall–Kier alpha value is -1.70. The van der Waals surface area contributed by atoms with Crippen LogP contribution in [0.15, 0.2) is 47.7 Å². The van der Waals surface area contributed by atoms with Gasteiger partial charge in [0.1, 0.15) is 0 Å². The molecular formula is C18H24N2. The van der Waals surface area contributed by atoms with Crippen LogP contribution in [0.4, 0.5) is 5.69 Å². The molecule has 2 heteroatoms. The number of nitrogens with two attached hydrogens (primary N) is 1. The average molecular weight is 268 g/mol. The van der Waals surface area contributed by atoms with Crippen molar-refractivity contribution < 1.29 is 0 Å². The number of nitrogens with zero attached hydrogens (tertiary/aromatic N) is 1. The fourth-order valence-electron chi connectivity index (χ4n) is 3.75. The van der Waals surface area contributed by atoms with E-state index in [9.17, 15) is 0 Å². The maximum atomic E-state index is 5.89. The molecule has 0 saturated heterocycles. The fraction of sp³-hybridized carbons (Fsp3) is 0.444. The largest absolute Gasteiger partial charge is 0.399 e. The predicted octanol–water partition coefficient (Wildman–Crippen LogP) is 3.78. The smallest absolute Gasteiger partial charge is 0.0401 e. The van der Waals surface area contributed by atoms with Crippen LogP contribution in [0.25, 0.3) is 0 Å². The minimum atomic E-state index is 0.625. The Morgan fingerprint density at radius 2 is 2.10 bits per heavy atom. The monoisotopic (exact) mass is 268 g/mol. The van der Waals surface area contributed by atoms with Crippen molar-refractivity contribution >= 4 is 5.69 Å². The van der Waals surface area contributed by atoms with Crippen LogP contribution in [0, 0.1) is 0 Å². The summed E-state index contributed by atoms with van der Waals surface area (Å²) in [6, 6.07) is 9.51. The van der Waals surface area contributed by atoms with E-state index in [0.717, 1.165) is 18.5 Å². The number of hydrogen-bond donors (Lipinski definition) is 1. The van der Waals surface area contributed by atoms with Crippen LogP contribution in [0.5, 0.6) is 0 Å². The molecule has 1 aromatic carbocycles. The molecule has 1 aliphatic heterocycles. The van der Waals surface area contributed by atoms with Crippen LogP contribution in [0.1, 0.15) is 38.2 Å². The summed E-state index contributed by atoms with van der Waals surface area (Å²) in [6.07, 6.45) is 5.88. The van der Waals surface area contributed by atoms with E-state index in [-0.39, 0.29) is 0 Å². The Morgan fingerprint density at radius 3 is 2.85 bits per heavy atom. The first-order valence-electron chi connectivity index (χ1n) is 7.64. The van der Waals surface area contributed by atoms with Gasteiger partial charge in [-0.2, -0.15) is 0 Å². The second-order valence-electron chi connectivity index (χ2n) is 6.11. The Balaban J connectivity index is 1.84. The first-order valence-corrected chi connectivity index (χ1v) is 7.64. The molecule has 1 atom stereocenters. The number of allylic oxidation sites excluding steroid dienone is 1. The van der Waals surface area contributed by atoms with Crippen molar-refractivity contribution in [1.82, 2.24) is 0 Å². The Bertz CT molecular complexity index is 556. The highest BCUT2D eigenvalue weighted by Crippen LogP contribution is 2.36. The molecule has 0 aromatic heterocycles. The zero-order valence-electron chi connectivity index (χ0n) is 12.4. The van der Waals surface area contributed by atoms with Gasteiger partial charge in [-0.1, -0.05) is 30.4 Å². The summed E-state index contributed by atoms with van der Waals surface area (Å²) < 4.78 is 0. The van der Waals surface area contributed by atoms with Crippen LogP contribution in [-0.2, 0) is 6.42 Å². The third kappa shape index (κ3) is 2.35. The van der Waals surface area contributed by atoms with Gasteiger partial charge in [-0.15, -0.1) is 0 Å². The molecule has 0 saturated carbocycles. The van der Waals surface area contributed by atoms with Crippen molar-refractivity contribution in [3.05, 3.63) is 53.3 Å². The van der Waals surface area contributed by atoms with Gasteiger partial charge in [-0.25, -0.2) is 0 Å². The van der Waals surface area contributed by atoms with Crippen molar-refractivity contribution in [2.45, 2.75) is 45.1 Å². The van der Waals surface area contributed by atoms with Crippen molar-refractivity contribution in [1.29, 1.82) is 0 Å². The van der Waals surface area contributed by atoms with Crippen LogP contribution < -0.4 is 10.6 Å². The van der Waals surface area contributed by atoms with Crippen LogP contribution in [0.3, 0.4) is 0 Å². The Kier molecular flexibility index (Phi) is 3.56. The van der Waals surface area contributed by atoms with E-state index in [4.69, 9.17) is 5.73 Å². The maximum Gasteiger partial charge on any atom is 0.0401 e. The first-order chi connectivity index (χ1) is 9.66. The number of benzene rings is 1. The maximum absolute atomic E-state index is 5.89. The second-order valence-corrected chi connectivity index (χ2v) is 6.11. The molecule has 0 spiro atoms. The van der Waals surface area contributed by atoms with Crippen LogP contribution in [-0.4, -0.2) is 12.6 Å². The molecule has 3 rings (SSSR count). The Labute approximate surface area is 122 Å². The lowest BCUT2D eigenvalue weighted by molar-refractivity contribution is 0.501. The lowest BCUT2D eigenvalue weighted by atomic mass is 9.85. The third-order valence-electron chi connectivity index (χ3n) is 4.76. The molecule has 0 fully saturated rings. The quantitative estimate of drug-likeness (QED) is 0.884. The number of aryl methyl sites for hydroxylation is 1. The molecule has 0 amide bonds. The average Bonchev–Trinajstić information content (AvgIpc) is 2.46. The molecule has 2 N–H and O–H groups in total. The summed E-state index contributed by atoms with van der Waals surface area (Å²) in [5, 5.41) is 0. The van der Waals surface area contributed by atoms with Crippen molar-refractivity contribution in [3.8, 4) is 0 Å². The first kappa shape index (κ1) is 13.3. The Morgan fingerprint density at radius 1 is 1.30 bits per heavy atom. The predicted molar refractivity (Wildman–Crippen MR) is 85.8 cm³/mol. The number of hydrogen-bond acceptors (Lipinski definition) is 2. The summed E-state index contributed by atoms with van der Waals surface area (Å²) >= 11 is 0. The third-order valence-corrected chi connectivity index (χ3v) is 4.76. The number of anilines is 1. The SMILES string of the molecule is C=C(N)C1=C(C)C[C@H](N2CCCc3ccccc32)CC1. The number of rotatable bonds is 2. The van der Waals surface area contributed by atoms with E-state index in [1.807, 2.05) is 0 Å². The zero-order chi connectivity index (χ0) is 14.1. The van der Waals surface area contributed by atoms with Crippen molar-refractivity contribution in [2.75, 3.05) is 11.4 Å². The summed E-state index contributed by atoms with van der Waals surface area (Å²) in [5.74, 6) is 0. The van der Waals surface area contributed by atoms with Gasteiger partial charge in [-0.05, 0) is 56.2 Å². The van der Waals surface area contributed by atoms with Gasteiger partial charge in [0.05, 0.1) is 0 Å². The standard InChI is InChI=1S/C18H24N2/c1-13-12-16(9-10-17(13)14(2)19)20-11-5-7-15-6-3-4-8-18(15)20/h3-4,6,8,16H,2,5,7,9-12,19H2,1H3/t16-/m1/s1. The van der Waals surface area contributed by atoms with Crippen molar-refractivity contribution in [3.63, 3.8) is 0 Å². The lowest BCUT2D eigenvalue weighted by Gasteiger charge is -2.40. The van der Waals surface area contributed by atoms with Gasteiger partial charge in [0, 0.05) is 24.0 Å². The molecule has 0 radical (unpaired) electrons. The van der Waals surface area contributed by atoms with Gasteiger partial charge in [0.25, 0.3) is 0 Å². The van der Waals surface area contributed by atoms with E-state index in [1.165, 1.54) is 48.2 Å². The molecular weight excluding hydrogens is 244 g/mol. The molecule has 20 heavy (non-hydrogen) atoms. The topological polar surface area (TPSA) is 29.3 Å². The summed E-state index contributed by atoms with van der Waals surface area (Å²) in [6.45, 7) is 7.32. The molecule has 2 nitrogen and oxygen atoms in total. The van der Waals surface area contributed by atoms with Gasteiger partial charge in [0.2, 0.25) is 0 Å². The zero-order valence-corrected chi connectivity index (χ0v) is 12.4. The van der Waals surface area contributed by atoms with Gasteiger partial charge >= 0.3 is 0 Å². The fourth-order valence-corrected chi connectivity index (χ4v) is 3.75. The molecule has 0 bridgehead atoms. The van der Waals surface area contributed by atoms with Crippen LogP contribution in [0.2, 0.25) is 0 Å². The van der Waals surface area contributed by atoms with E-state index < -0.39 is 0 Å². The van der Waals surface area contributed by atoms with Gasteiger partial charge in [0.15, 0.2) is 0 Å². The second kappa shape index (κ2) is 5.35. The minimum Gasteiger partial charge on any atom is -0.399 e. The molecule has 106 valence electrons. The summed E-state index contributed by atoms with van der Waals surface area (Å²) in [4.78, 5) is 2.62. The number of fused-ring (bicyclic) bond motifs is 1. The lowest BCUT2D eigenvalue weighted by Crippen LogP contribution is -2.40. The van der Waals surface area contributed by atoms with Crippen LogP contribution >= 0.6 is 0 Å². The molecule has 2 aliphatic rings.